The maximum Gasteiger partial charge on any atom is 0.337 e. The number of carbonyl (C=O) groups is 2. The zero-order chi connectivity index (χ0) is 27.4. The molecule has 0 N–H and O–H groups in total. The Hall–Kier alpha value is -4.33. The number of hydrogen-bond donors (Lipinski definition) is 0. The number of methoxy groups -OCH3 is 2. The average molecular weight is 516 g/mol. The number of hydrogen-bond acceptors (Lipinski definition) is 6. The molecule has 0 spiro atoms. The highest BCUT2D eigenvalue weighted by molar-refractivity contribution is 6.04. The van der Waals surface area contributed by atoms with Crippen LogP contribution in [-0.2, 0) is 16.1 Å². The number of halogens is 1. The van der Waals surface area contributed by atoms with E-state index in [-0.39, 0.29) is 23.7 Å². The van der Waals surface area contributed by atoms with E-state index in [1.165, 1.54) is 20.3 Å². The standard InChI is InChI=1S/C30H30FN3O4/c1-30(2,3)16-26(35)34(27-24-11-10-22(29(36)38-5)14-21(24)12-13-32-27)18-19-6-8-20(9-7-19)23-15-25(31)28(37-4)33-17-23/h6-15,17H,16,18H2,1-5H3. The Kier molecular flexibility index (Phi) is 7.71. The lowest BCUT2D eigenvalue weighted by molar-refractivity contribution is -0.120. The minimum Gasteiger partial charge on any atom is -0.479 e. The van der Waals surface area contributed by atoms with Crippen molar-refractivity contribution in [2.75, 3.05) is 19.1 Å². The van der Waals surface area contributed by atoms with Crippen LogP contribution in [0.3, 0.4) is 0 Å². The maximum atomic E-state index is 14.2. The first kappa shape index (κ1) is 26.7. The van der Waals surface area contributed by atoms with Gasteiger partial charge >= 0.3 is 5.97 Å². The molecular formula is C30H30FN3O4. The first-order valence-electron chi connectivity index (χ1n) is 12.2. The molecule has 0 radical (unpaired) electrons. The second-order valence-electron chi connectivity index (χ2n) is 10.2. The summed E-state index contributed by atoms with van der Waals surface area (Å²) in [5.74, 6) is -0.582. The minimum absolute atomic E-state index is 0.0559. The number of esters is 1. The second kappa shape index (κ2) is 11.0. The van der Waals surface area contributed by atoms with Crippen LogP contribution < -0.4 is 9.64 Å². The zero-order valence-corrected chi connectivity index (χ0v) is 22.1. The Bertz CT molecular complexity index is 1480. The fourth-order valence-electron chi connectivity index (χ4n) is 4.17. The van der Waals surface area contributed by atoms with Crippen LogP contribution in [0.5, 0.6) is 5.88 Å². The van der Waals surface area contributed by atoms with E-state index in [1.807, 2.05) is 45.0 Å². The molecule has 4 aromatic rings. The summed E-state index contributed by atoms with van der Waals surface area (Å²) in [4.78, 5) is 35.8. The van der Waals surface area contributed by atoms with Crippen molar-refractivity contribution in [2.24, 2.45) is 5.41 Å². The summed E-state index contributed by atoms with van der Waals surface area (Å²) < 4.78 is 23.9. The summed E-state index contributed by atoms with van der Waals surface area (Å²) in [6, 6.07) is 15.9. The highest BCUT2D eigenvalue weighted by Crippen LogP contribution is 2.30. The molecule has 0 unspecified atom stereocenters. The highest BCUT2D eigenvalue weighted by atomic mass is 19.1. The Labute approximate surface area is 221 Å². The predicted octanol–water partition coefficient (Wildman–Crippen LogP) is 6.20. The third kappa shape index (κ3) is 5.96. The molecule has 0 bridgehead atoms. The third-order valence-electron chi connectivity index (χ3n) is 6.03. The van der Waals surface area contributed by atoms with Gasteiger partial charge in [-0.3, -0.25) is 9.69 Å². The van der Waals surface area contributed by atoms with Crippen LogP contribution in [0.2, 0.25) is 0 Å². The molecule has 0 saturated heterocycles. The lowest BCUT2D eigenvalue weighted by atomic mass is 9.91. The topological polar surface area (TPSA) is 81.6 Å². The van der Waals surface area contributed by atoms with Gasteiger partial charge in [0.15, 0.2) is 5.82 Å². The zero-order valence-electron chi connectivity index (χ0n) is 22.1. The number of benzene rings is 2. The van der Waals surface area contributed by atoms with Gasteiger partial charge in [0, 0.05) is 29.8 Å². The largest absolute Gasteiger partial charge is 0.479 e. The van der Waals surface area contributed by atoms with E-state index in [4.69, 9.17) is 9.47 Å². The van der Waals surface area contributed by atoms with E-state index in [9.17, 15) is 14.0 Å². The molecule has 7 nitrogen and oxygen atoms in total. The number of fused-ring (bicyclic) bond motifs is 1. The Morgan fingerprint density at radius 2 is 1.68 bits per heavy atom. The molecule has 196 valence electrons. The summed E-state index contributed by atoms with van der Waals surface area (Å²) in [7, 11) is 2.71. The molecule has 8 heteroatoms. The molecule has 38 heavy (non-hydrogen) atoms. The lowest BCUT2D eigenvalue weighted by Crippen LogP contribution is -2.34. The fraction of sp³-hybridized carbons (Fsp3) is 0.267. The van der Waals surface area contributed by atoms with E-state index in [1.54, 1.807) is 41.6 Å². The number of nitrogens with zero attached hydrogens (tertiary/aromatic N) is 3. The highest BCUT2D eigenvalue weighted by Gasteiger charge is 2.25. The van der Waals surface area contributed by atoms with Crippen LogP contribution in [-0.4, -0.2) is 36.1 Å². The van der Waals surface area contributed by atoms with Gasteiger partial charge in [-0.1, -0.05) is 45.0 Å². The number of pyridine rings is 2. The van der Waals surface area contributed by atoms with Gasteiger partial charge in [0.05, 0.1) is 26.3 Å². The van der Waals surface area contributed by atoms with Gasteiger partial charge in [-0.2, -0.15) is 0 Å². The van der Waals surface area contributed by atoms with E-state index in [2.05, 4.69) is 9.97 Å². The van der Waals surface area contributed by atoms with Crippen LogP contribution in [0.25, 0.3) is 21.9 Å². The summed E-state index contributed by atoms with van der Waals surface area (Å²) in [5, 5.41) is 1.52. The normalized spacial score (nSPS) is 11.3. The van der Waals surface area contributed by atoms with E-state index < -0.39 is 11.8 Å². The molecule has 0 aliphatic carbocycles. The number of amides is 1. The average Bonchev–Trinajstić information content (AvgIpc) is 2.90. The molecule has 0 atom stereocenters. The number of carbonyl (C=O) groups excluding carboxylic acids is 2. The van der Waals surface area contributed by atoms with Crippen molar-refractivity contribution in [2.45, 2.75) is 33.7 Å². The third-order valence-corrected chi connectivity index (χ3v) is 6.03. The molecule has 1 amide bonds. The van der Waals surface area contributed by atoms with Gasteiger partial charge in [0.25, 0.3) is 0 Å². The molecule has 0 fully saturated rings. The van der Waals surface area contributed by atoms with Crippen LogP contribution in [0.15, 0.2) is 67.0 Å². The fourth-order valence-corrected chi connectivity index (χ4v) is 4.17. The molecular weight excluding hydrogens is 485 g/mol. The van der Waals surface area contributed by atoms with Gasteiger partial charge in [-0.25, -0.2) is 19.2 Å². The second-order valence-corrected chi connectivity index (χ2v) is 10.2. The van der Waals surface area contributed by atoms with Gasteiger partial charge in [0.2, 0.25) is 11.8 Å². The summed E-state index contributed by atoms with van der Waals surface area (Å²) in [6.45, 7) is 6.33. The maximum absolute atomic E-state index is 14.2. The van der Waals surface area contributed by atoms with Crippen LogP contribution in [0.4, 0.5) is 10.2 Å². The van der Waals surface area contributed by atoms with Crippen LogP contribution in [0.1, 0.15) is 43.1 Å². The number of rotatable bonds is 7. The van der Waals surface area contributed by atoms with Gasteiger partial charge in [-0.05, 0) is 52.3 Å². The number of aromatic nitrogens is 2. The molecule has 2 aromatic carbocycles. The molecule has 4 rings (SSSR count). The van der Waals surface area contributed by atoms with Crippen molar-refractivity contribution < 1.29 is 23.5 Å². The van der Waals surface area contributed by atoms with Crippen molar-refractivity contribution in [1.29, 1.82) is 0 Å². The Morgan fingerprint density at radius 3 is 2.32 bits per heavy atom. The molecule has 2 heterocycles. The minimum atomic E-state index is -0.537. The van der Waals surface area contributed by atoms with E-state index in [0.717, 1.165) is 21.9 Å². The van der Waals surface area contributed by atoms with E-state index in [0.29, 0.717) is 23.4 Å². The van der Waals surface area contributed by atoms with Gasteiger partial charge in [-0.15, -0.1) is 0 Å². The van der Waals surface area contributed by atoms with Crippen molar-refractivity contribution in [1.82, 2.24) is 9.97 Å². The quantitative estimate of drug-likeness (QED) is 0.273. The van der Waals surface area contributed by atoms with Crippen molar-refractivity contribution >= 4 is 28.5 Å². The monoisotopic (exact) mass is 515 g/mol. The SMILES string of the molecule is COC(=O)c1ccc2c(N(Cc3ccc(-c4cnc(OC)c(F)c4)cc3)C(=O)CC(C)(C)C)nccc2c1. The molecule has 0 saturated carbocycles. The van der Waals surface area contributed by atoms with Crippen molar-refractivity contribution in [3.8, 4) is 17.0 Å². The molecule has 0 aliphatic rings. The first-order valence-corrected chi connectivity index (χ1v) is 12.2. The molecule has 2 aromatic heterocycles. The number of anilines is 1. The van der Waals surface area contributed by atoms with Gasteiger partial charge < -0.3 is 9.47 Å². The lowest BCUT2D eigenvalue weighted by Gasteiger charge is -2.27. The van der Waals surface area contributed by atoms with Crippen LogP contribution in [0, 0.1) is 11.2 Å². The van der Waals surface area contributed by atoms with Gasteiger partial charge in [0.1, 0.15) is 5.82 Å². The first-order chi connectivity index (χ1) is 18.1. The summed E-state index contributed by atoms with van der Waals surface area (Å²) >= 11 is 0. The summed E-state index contributed by atoms with van der Waals surface area (Å²) in [6.07, 6.45) is 3.50. The number of ether oxygens (including phenoxy) is 2. The van der Waals surface area contributed by atoms with E-state index >= 15 is 0 Å². The van der Waals surface area contributed by atoms with Crippen LogP contribution >= 0.6 is 0 Å². The Morgan fingerprint density at radius 1 is 0.947 bits per heavy atom. The van der Waals surface area contributed by atoms with Crippen molar-refractivity contribution in [3.63, 3.8) is 0 Å². The van der Waals surface area contributed by atoms with Crippen molar-refractivity contribution in [3.05, 3.63) is 83.9 Å². The molecule has 0 aliphatic heterocycles. The summed E-state index contributed by atoms with van der Waals surface area (Å²) in [5.41, 5.74) is 2.47. The Balaban J connectivity index is 1.69. The smallest absolute Gasteiger partial charge is 0.337 e. The predicted molar refractivity (Wildman–Crippen MR) is 145 cm³/mol.